The fourth-order valence-corrected chi connectivity index (χ4v) is 0.795. The second kappa shape index (κ2) is 7.32. The molecule has 0 radical (unpaired) electrons. The molecule has 0 bridgehead atoms. The van der Waals surface area contributed by atoms with E-state index in [4.69, 9.17) is 0 Å². The van der Waals surface area contributed by atoms with E-state index < -0.39 is 0 Å². The smallest absolute Gasteiger partial charge is 0.319 e. The second-order valence-electron chi connectivity index (χ2n) is 2.82. The molecule has 0 spiro atoms. The van der Waals surface area contributed by atoms with Crippen molar-refractivity contribution in [1.29, 1.82) is 0 Å². The minimum atomic E-state index is -0.334. The van der Waals surface area contributed by atoms with Crippen molar-refractivity contribution in [3.63, 3.8) is 0 Å². The molecular formula is C9H18N2O3. The number of hydrogen-bond donors (Lipinski definition) is 1. The summed E-state index contributed by atoms with van der Waals surface area (Å²) in [5.74, 6) is -0.365. The number of likely N-dealkylation sites (N-methyl/N-ethyl adjacent to an activating group) is 1. The van der Waals surface area contributed by atoms with Gasteiger partial charge < -0.3 is 9.64 Å². The molecule has 1 amide bonds. The fourth-order valence-electron chi connectivity index (χ4n) is 0.795. The largest absolute Gasteiger partial charge is 0.465 e. The zero-order chi connectivity index (χ0) is 11.0. The lowest BCUT2D eigenvalue weighted by Crippen LogP contribution is -2.37. The predicted octanol–water partition coefficient (Wildman–Crippen LogP) is -0.383. The summed E-state index contributed by atoms with van der Waals surface area (Å²) in [6, 6.07) is 0. The Morgan fingerprint density at radius 3 is 2.43 bits per heavy atom. The van der Waals surface area contributed by atoms with Crippen LogP contribution in [0, 0.1) is 0 Å². The molecule has 5 heteroatoms. The molecule has 0 saturated heterocycles. The van der Waals surface area contributed by atoms with Crippen molar-refractivity contribution in [3.8, 4) is 0 Å². The minimum Gasteiger partial charge on any atom is -0.465 e. The fraction of sp³-hybridized carbons (Fsp3) is 0.778. The summed E-state index contributed by atoms with van der Waals surface area (Å²) in [7, 11) is 1.72. The van der Waals surface area contributed by atoms with Crippen molar-refractivity contribution in [2.45, 2.75) is 13.8 Å². The zero-order valence-electron chi connectivity index (χ0n) is 9.00. The molecule has 0 aliphatic rings. The number of ether oxygens (including phenoxy) is 1. The molecule has 5 nitrogen and oxygen atoms in total. The summed E-state index contributed by atoms with van der Waals surface area (Å²) in [5, 5.41) is 2.72. The highest BCUT2D eigenvalue weighted by atomic mass is 16.5. The third-order valence-electron chi connectivity index (χ3n) is 1.75. The number of amides is 1. The number of carbonyl (C=O) groups is 2. The van der Waals surface area contributed by atoms with E-state index in [1.54, 1.807) is 18.9 Å². The highest BCUT2D eigenvalue weighted by Crippen LogP contribution is 1.82. The molecule has 0 rings (SSSR count). The monoisotopic (exact) mass is 202 g/mol. The van der Waals surface area contributed by atoms with Gasteiger partial charge in [0.05, 0.1) is 19.7 Å². The molecule has 14 heavy (non-hydrogen) atoms. The molecule has 0 aromatic heterocycles. The van der Waals surface area contributed by atoms with E-state index in [1.165, 1.54) is 0 Å². The van der Waals surface area contributed by atoms with E-state index in [2.05, 4.69) is 10.1 Å². The van der Waals surface area contributed by atoms with Gasteiger partial charge in [0.15, 0.2) is 0 Å². The topological polar surface area (TPSA) is 58.6 Å². The van der Waals surface area contributed by atoms with Crippen LogP contribution in [0.2, 0.25) is 0 Å². The first-order valence-corrected chi connectivity index (χ1v) is 4.72. The van der Waals surface area contributed by atoms with Crippen LogP contribution in [0.15, 0.2) is 0 Å². The lowest BCUT2D eigenvalue weighted by Gasteiger charge is -2.14. The maximum Gasteiger partial charge on any atom is 0.319 e. The Hall–Kier alpha value is -1.10. The van der Waals surface area contributed by atoms with Crippen molar-refractivity contribution in [2.75, 3.05) is 33.3 Å². The third kappa shape index (κ3) is 5.53. The van der Waals surface area contributed by atoms with Gasteiger partial charge in [0.2, 0.25) is 5.91 Å². The van der Waals surface area contributed by atoms with Crippen LogP contribution in [0.1, 0.15) is 13.8 Å². The van der Waals surface area contributed by atoms with Crippen molar-refractivity contribution < 1.29 is 14.3 Å². The van der Waals surface area contributed by atoms with Crippen LogP contribution in [0.4, 0.5) is 0 Å². The molecule has 1 N–H and O–H groups in total. The van der Waals surface area contributed by atoms with Crippen LogP contribution < -0.4 is 5.32 Å². The summed E-state index contributed by atoms with van der Waals surface area (Å²) in [6.45, 7) is 4.92. The lowest BCUT2D eigenvalue weighted by molar-refractivity contribution is -0.142. The number of hydrogen-bond acceptors (Lipinski definition) is 4. The molecular weight excluding hydrogens is 184 g/mol. The van der Waals surface area contributed by atoms with Crippen LogP contribution in [0.25, 0.3) is 0 Å². The highest BCUT2D eigenvalue weighted by molar-refractivity contribution is 5.79. The van der Waals surface area contributed by atoms with Gasteiger partial charge in [-0.3, -0.25) is 14.9 Å². The van der Waals surface area contributed by atoms with Crippen LogP contribution in [0.3, 0.4) is 0 Å². The Kier molecular flexibility index (Phi) is 6.74. The van der Waals surface area contributed by atoms with E-state index in [9.17, 15) is 9.59 Å². The van der Waals surface area contributed by atoms with E-state index in [0.29, 0.717) is 13.2 Å². The van der Waals surface area contributed by atoms with Gasteiger partial charge in [-0.2, -0.15) is 0 Å². The van der Waals surface area contributed by atoms with Gasteiger partial charge in [-0.1, -0.05) is 0 Å². The standard InChI is InChI=1S/C9H18N2O3/c1-4-11(3)8(12)6-10-7-9(13)14-5-2/h10H,4-7H2,1-3H3. The number of esters is 1. The van der Waals surface area contributed by atoms with Crippen LogP contribution >= 0.6 is 0 Å². The van der Waals surface area contributed by atoms with Crippen molar-refractivity contribution in [2.24, 2.45) is 0 Å². The second-order valence-corrected chi connectivity index (χ2v) is 2.82. The van der Waals surface area contributed by atoms with Gasteiger partial charge in [-0.15, -0.1) is 0 Å². The van der Waals surface area contributed by atoms with E-state index in [-0.39, 0.29) is 25.0 Å². The molecule has 0 aromatic carbocycles. The van der Waals surface area contributed by atoms with Gasteiger partial charge in [0.25, 0.3) is 0 Å². The van der Waals surface area contributed by atoms with E-state index >= 15 is 0 Å². The molecule has 82 valence electrons. The molecule has 0 fully saturated rings. The first kappa shape index (κ1) is 12.9. The predicted molar refractivity (Wildman–Crippen MR) is 52.8 cm³/mol. The average Bonchev–Trinajstić information content (AvgIpc) is 2.16. The molecule has 0 aliphatic carbocycles. The minimum absolute atomic E-state index is 0.0307. The van der Waals surface area contributed by atoms with Crippen molar-refractivity contribution >= 4 is 11.9 Å². The first-order valence-electron chi connectivity index (χ1n) is 4.72. The summed E-state index contributed by atoms with van der Waals surface area (Å²) < 4.78 is 4.68. The van der Waals surface area contributed by atoms with E-state index in [0.717, 1.165) is 0 Å². The van der Waals surface area contributed by atoms with Gasteiger partial charge in [0.1, 0.15) is 0 Å². The van der Waals surface area contributed by atoms with Gasteiger partial charge >= 0.3 is 5.97 Å². The van der Waals surface area contributed by atoms with Crippen molar-refractivity contribution in [3.05, 3.63) is 0 Å². The molecule has 0 unspecified atom stereocenters. The lowest BCUT2D eigenvalue weighted by atomic mass is 10.5. The Labute approximate surface area is 84.4 Å². The Morgan fingerprint density at radius 1 is 1.29 bits per heavy atom. The van der Waals surface area contributed by atoms with E-state index in [1.807, 2.05) is 6.92 Å². The Bertz CT molecular complexity index is 194. The van der Waals surface area contributed by atoms with Gasteiger partial charge in [0, 0.05) is 13.6 Å². The summed E-state index contributed by atoms with van der Waals surface area (Å²) in [4.78, 5) is 23.7. The SMILES string of the molecule is CCOC(=O)CNCC(=O)N(C)CC. The van der Waals surface area contributed by atoms with Gasteiger partial charge in [-0.25, -0.2) is 0 Å². The molecule has 0 aromatic rings. The molecule has 0 aliphatic heterocycles. The molecule has 0 atom stereocenters. The van der Waals surface area contributed by atoms with Gasteiger partial charge in [-0.05, 0) is 13.8 Å². The van der Waals surface area contributed by atoms with Crippen LogP contribution in [-0.4, -0.2) is 50.1 Å². The maximum atomic E-state index is 11.2. The first-order chi connectivity index (χ1) is 6.61. The molecule has 0 heterocycles. The summed E-state index contributed by atoms with van der Waals surface area (Å²) >= 11 is 0. The number of nitrogens with zero attached hydrogens (tertiary/aromatic N) is 1. The van der Waals surface area contributed by atoms with Crippen LogP contribution in [-0.2, 0) is 14.3 Å². The quantitative estimate of drug-likeness (QED) is 0.596. The number of carbonyl (C=O) groups excluding carboxylic acids is 2. The van der Waals surface area contributed by atoms with Crippen molar-refractivity contribution in [1.82, 2.24) is 10.2 Å². The number of rotatable bonds is 6. The summed E-state index contributed by atoms with van der Waals surface area (Å²) in [6.07, 6.45) is 0. The highest BCUT2D eigenvalue weighted by Gasteiger charge is 2.07. The Morgan fingerprint density at radius 2 is 1.93 bits per heavy atom. The zero-order valence-corrected chi connectivity index (χ0v) is 9.00. The average molecular weight is 202 g/mol. The summed E-state index contributed by atoms with van der Waals surface area (Å²) in [5.41, 5.74) is 0. The van der Waals surface area contributed by atoms with Crippen LogP contribution in [0.5, 0.6) is 0 Å². The number of nitrogens with one attached hydrogen (secondary N) is 1. The Balaban J connectivity index is 3.54. The third-order valence-corrected chi connectivity index (χ3v) is 1.75. The normalized spacial score (nSPS) is 9.64. The molecule has 0 saturated carbocycles. The maximum absolute atomic E-state index is 11.2.